The van der Waals surface area contributed by atoms with Crippen molar-refractivity contribution >= 4 is 22.5 Å². The van der Waals surface area contributed by atoms with Crippen molar-refractivity contribution in [3.05, 3.63) is 60.2 Å². The van der Waals surface area contributed by atoms with E-state index >= 15 is 0 Å². The Hall–Kier alpha value is -3.62. The van der Waals surface area contributed by atoms with Crippen molar-refractivity contribution in [1.29, 1.82) is 0 Å². The molecular formula is C23H23F2N7. The molecule has 7 nitrogen and oxygen atoms in total. The number of pyridine rings is 1. The molecule has 9 heteroatoms. The lowest BCUT2D eigenvalue weighted by Gasteiger charge is -2.44. The first-order valence-electron chi connectivity index (χ1n) is 10.6. The monoisotopic (exact) mass is 435 g/mol. The average molecular weight is 435 g/mol. The molecule has 3 N–H and O–H groups in total. The number of aromatic amines is 1. The molecule has 0 saturated heterocycles. The Labute approximate surface area is 183 Å². The molecule has 3 heterocycles. The number of fused-ring (bicyclic) bond motifs is 1. The molecule has 1 aromatic carbocycles. The van der Waals surface area contributed by atoms with Gasteiger partial charge in [0.2, 0.25) is 0 Å². The zero-order valence-corrected chi connectivity index (χ0v) is 17.6. The highest BCUT2D eigenvalue weighted by molar-refractivity contribution is 5.92. The zero-order valence-electron chi connectivity index (χ0n) is 17.6. The quantitative estimate of drug-likeness (QED) is 0.397. The van der Waals surface area contributed by atoms with E-state index in [1.54, 1.807) is 6.20 Å². The SMILES string of the molecule is CCNc1n[nH]c2ccc(-c3ccc(NCC4(c5ncccc5F)CC(F)C4)nn3)cc12. The summed E-state index contributed by atoms with van der Waals surface area (Å²) in [6.07, 6.45) is 1.06. The summed E-state index contributed by atoms with van der Waals surface area (Å²) >= 11 is 0. The minimum Gasteiger partial charge on any atom is -0.368 e. The summed E-state index contributed by atoms with van der Waals surface area (Å²) in [4.78, 5) is 4.18. The van der Waals surface area contributed by atoms with Crippen molar-refractivity contribution in [1.82, 2.24) is 25.4 Å². The summed E-state index contributed by atoms with van der Waals surface area (Å²) in [5, 5.41) is 23.3. The number of H-pyrrole nitrogens is 1. The molecule has 0 amide bonds. The van der Waals surface area contributed by atoms with Gasteiger partial charge in [-0.1, -0.05) is 6.07 Å². The Morgan fingerprint density at radius 3 is 2.72 bits per heavy atom. The number of benzene rings is 1. The molecule has 1 aliphatic carbocycles. The van der Waals surface area contributed by atoms with Crippen LogP contribution in [0.25, 0.3) is 22.2 Å². The third kappa shape index (κ3) is 3.63. The summed E-state index contributed by atoms with van der Waals surface area (Å²) in [7, 11) is 0. The summed E-state index contributed by atoms with van der Waals surface area (Å²) in [5.41, 5.74) is 2.20. The zero-order chi connectivity index (χ0) is 22.1. The van der Waals surface area contributed by atoms with Crippen LogP contribution in [0.5, 0.6) is 0 Å². The van der Waals surface area contributed by atoms with Gasteiger partial charge in [-0.25, -0.2) is 8.78 Å². The molecular weight excluding hydrogens is 412 g/mol. The molecule has 5 rings (SSSR count). The van der Waals surface area contributed by atoms with Crippen LogP contribution in [0, 0.1) is 5.82 Å². The highest BCUT2D eigenvalue weighted by atomic mass is 19.1. The van der Waals surface area contributed by atoms with Crippen molar-refractivity contribution in [2.75, 3.05) is 23.7 Å². The number of rotatable bonds is 7. The Bertz CT molecular complexity index is 1230. The molecule has 32 heavy (non-hydrogen) atoms. The van der Waals surface area contributed by atoms with Crippen LogP contribution >= 0.6 is 0 Å². The Kier molecular flexibility index (Phi) is 5.16. The van der Waals surface area contributed by atoms with Crippen LogP contribution in [0.4, 0.5) is 20.4 Å². The highest BCUT2D eigenvalue weighted by Gasteiger charge is 2.48. The normalized spacial score (nSPS) is 20.2. The van der Waals surface area contributed by atoms with Crippen LogP contribution < -0.4 is 10.6 Å². The van der Waals surface area contributed by atoms with Crippen molar-refractivity contribution in [3.8, 4) is 11.3 Å². The van der Waals surface area contributed by atoms with Gasteiger partial charge in [-0.2, -0.15) is 5.10 Å². The molecule has 0 radical (unpaired) electrons. The number of hydrogen-bond acceptors (Lipinski definition) is 6. The first-order valence-corrected chi connectivity index (χ1v) is 10.6. The van der Waals surface area contributed by atoms with E-state index in [1.807, 2.05) is 37.3 Å². The molecule has 4 aromatic rings. The highest BCUT2D eigenvalue weighted by Crippen LogP contribution is 2.45. The first kappa shape index (κ1) is 20.3. The third-order valence-corrected chi connectivity index (χ3v) is 5.96. The van der Waals surface area contributed by atoms with Crippen LogP contribution in [0.15, 0.2) is 48.7 Å². The predicted molar refractivity (Wildman–Crippen MR) is 120 cm³/mol. The standard InChI is InChI=1S/C23H23F2N7/c1-2-26-22-16-10-14(5-6-19(16)30-32-22)18-7-8-20(31-29-18)28-13-23(11-15(24)12-23)21-17(25)4-3-9-27-21/h3-10,15H,2,11-13H2,1H3,(H,28,31)(H2,26,30,32). The lowest BCUT2D eigenvalue weighted by atomic mass is 9.65. The van der Waals surface area contributed by atoms with E-state index < -0.39 is 17.4 Å². The molecule has 3 aromatic heterocycles. The van der Waals surface area contributed by atoms with Gasteiger partial charge in [-0.3, -0.25) is 10.1 Å². The van der Waals surface area contributed by atoms with Gasteiger partial charge in [0.05, 0.1) is 16.9 Å². The van der Waals surface area contributed by atoms with Gasteiger partial charge in [-0.15, -0.1) is 10.2 Å². The van der Waals surface area contributed by atoms with E-state index in [0.717, 1.165) is 34.5 Å². The summed E-state index contributed by atoms with van der Waals surface area (Å²) in [5.74, 6) is 0.938. The van der Waals surface area contributed by atoms with Crippen LogP contribution in [-0.4, -0.2) is 44.6 Å². The second-order valence-corrected chi connectivity index (χ2v) is 8.14. The molecule has 0 aliphatic heterocycles. The fourth-order valence-electron chi connectivity index (χ4n) is 4.30. The minimum absolute atomic E-state index is 0.234. The van der Waals surface area contributed by atoms with Crippen LogP contribution in [0.3, 0.4) is 0 Å². The number of nitrogens with one attached hydrogen (secondary N) is 3. The Balaban J connectivity index is 1.33. The van der Waals surface area contributed by atoms with E-state index in [0.29, 0.717) is 18.1 Å². The van der Waals surface area contributed by atoms with Crippen molar-refractivity contribution in [3.63, 3.8) is 0 Å². The molecule has 0 spiro atoms. The molecule has 1 aliphatic rings. The number of anilines is 2. The molecule has 164 valence electrons. The number of nitrogens with zero attached hydrogens (tertiary/aromatic N) is 4. The van der Waals surface area contributed by atoms with Crippen LogP contribution in [0.1, 0.15) is 25.5 Å². The molecule has 1 fully saturated rings. The fourth-order valence-corrected chi connectivity index (χ4v) is 4.30. The van der Waals surface area contributed by atoms with Gasteiger partial charge in [-0.05, 0) is 56.2 Å². The average Bonchev–Trinajstić information content (AvgIpc) is 3.19. The second kappa shape index (κ2) is 8.14. The lowest BCUT2D eigenvalue weighted by molar-refractivity contribution is 0.0964. The lowest BCUT2D eigenvalue weighted by Crippen LogP contribution is -2.49. The van der Waals surface area contributed by atoms with Gasteiger partial charge in [0.1, 0.15) is 17.8 Å². The number of alkyl halides is 1. The fraction of sp³-hybridized carbons (Fsp3) is 0.304. The topological polar surface area (TPSA) is 91.4 Å². The van der Waals surface area contributed by atoms with E-state index in [9.17, 15) is 8.78 Å². The molecule has 0 bridgehead atoms. The van der Waals surface area contributed by atoms with Crippen molar-refractivity contribution in [2.24, 2.45) is 0 Å². The van der Waals surface area contributed by atoms with Gasteiger partial charge in [0.15, 0.2) is 5.82 Å². The maximum atomic E-state index is 14.3. The van der Waals surface area contributed by atoms with E-state index in [4.69, 9.17) is 0 Å². The number of aromatic nitrogens is 5. The smallest absolute Gasteiger partial charge is 0.155 e. The van der Waals surface area contributed by atoms with Crippen LogP contribution in [-0.2, 0) is 5.41 Å². The predicted octanol–water partition coefficient (Wildman–Crippen LogP) is 4.47. The van der Waals surface area contributed by atoms with E-state index in [1.165, 1.54) is 12.1 Å². The summed E-state index contributed by atoms with van der Waals surface area (Å²) in [6.45, 7) is 3.13. The van der Waals surface area contributed by atoms with Gasteiger partial charge < -0.3 is 10.6 Å². The largest absolute Gasteiger partial charge is 0.368 e. The third-order valence-electron chi connectivity index (χ3n) is 5.96. The summed E-state index contributed by atoms with van der Waals surface area (Å²) < 4.78 is 28.1. The second-order valence-electron chi connectivity index (χ2n) is 8.14. The maximum absolute atomic E-state index is 14.3. The van der Waals surface area contributed by atoms with E-state index in [-0.39, 0.29) is 12.8 Å². The van der Waals surface area contributed by atoms with Gasteiger partial charge in [0.25, 0.3) is 0 Å². The number of hydrogen-bond donors (Lipinski definition) is 3. The molecule has 1 saturated carbocycles. The van der Waals surface area contributed by atoms with Crippen molar-refractivity contribution in [2.45, 2.75) is 31.4 Å². The Morgan fingerprint density at radius 2 is 2.00 bits per heavy atom. The summed E-state index contributed by atoms with van der Waals surface area (Å²) in [6, 6.07) is 12.5. The molecule has 0 unspecified atom stereocenters. The van der Waals surface area contributed by atoms with E-state index in [2.05, 4.69) is 36.0 Å². The first-order chi connectivity index (χ1) is 15.6. The van der Waals surface area contributed by atoms with Gasteiger partial charge in [0, 0.05) is 35.7 Å². The number of halogens is 2. The molecule has 0 atom stereocenters. The van der Waals surface area contributed by atoms with Gasteiger partial charge >= 0.3 is 0 Å². The maximum Gasteiger partial charge on any atom is 0.155 e. The minimum atomic E-state index is -0.948. The van der Waals surface area contributed by atoms with Crippen molar-refractivity contribution < 1.29 is 8.78 Å². The van der Waals surface area contributed by atoms with Crippen LogP contribution in [0.2, 0.25) is 0 Å². The Morgan fingerprint density at radius 1 is 1.12 bits per heavy atom.